The number of ether oxygens (including phenoxy) is 4. The quantitative estimate of drug-likeness (QED) is 0.0337. The Bertz CT molecular complexity index is 1160. The molecule has 8 nitrogen and oxygen atoms in total. The molecular formula is C64H122O8. The number of unbranched alkanes of at least 4 members (excludes halogenated alkanes) is 37. The van der Waals surface area contributed by atoms with Gasteiger partial charge < -0.3 is 18.9 Å². The van der Waals surface area contributed by atoms with Crippen molar-refractivity contribution in [3.05, 3.63) is 0 Å². The second kappa shape index (κ2) is 58.1. The average molecular weight is 1020 g/mol. The maximum Gasteiger partial charge on any atom is 0.306 e. The maximum absolute atomic E-state index is 12.6. The topological polar surface area (TPSA) is 105 Å². The molecule has 0 aromatic rings. The number of esters is 4. The molecule has 0 aliphatic rings. The van der Waals surface area contributed by atoms with Crippen molar-refractivity contribution in [2.75, 3.05) is 13.2 Å². The van der Waals surface area contributed by atoms with Gasteiger partial charge in [0.25, 0.3) is 0 Å². The van der Waals surface area contributed by atoms with Gasteiger partial charge in [-0.15, -0.1) is 0 Å². The summed E-state index contributed by atoms with van der Waals surface area (Å²) in [7, 11) is 0. The second-order valence-electron chi connectivity index (χ2n) is 22.0. The van der Waals surface area contributed by atoms with Crippen molar-refractivity contribution in [3.8, 4) is 0 Å². The molecule has 0 saturated heterocycles. The molecule has 0 bridgehead atoms. The van der Waals surface area contributed by atoms with Crippen LogP contribution in [-0.4, -0.2) is 49.3 Å². The van der Waals surface area contributed by atoms with Gasteiger partial charge >= 0.3 is 23.9 Å². The number of carbonyl (C=O) groups is 4. The van der Waals surface area contributed by atoms with Gasteiger partial charge in [-0.25, -0.2) is 0 Å². The summed E-state index contributed by atoms with van der Waals surface area (Å²) in [5, 5.41) is 0. The molecule has 0 fully saturated rings. The molecule has 0 spiro atoms. The molecule has 0 radical (unpaired) electrons. The van der Waals surface area contributed by atoms with Crippen molar-refractivity contribution < 1.29 is 38.1 Å². The first-order valence-corrected chi connectivity index (χ1v) is 32.1. The van der Waals surface area contributed by atoms with E-state index in [1.807, 2.05) is 0 Å². The van der Waals surface area contributed by atoms with E-state index in [1.54, 1.807) is 0 Å². The van der Waals surface area contributed by atoms with Crippen LogP contribution in [0.5, 0.6) is 0 Å². The van der Waals surface area contributed by atoms with Gasteiger partial charge in [-0.2, -0.15) is 0 Å². The Balaban J connectivity index is 3.80. The molecule has 0 aliphatic carbocycles. The number of hydrogen-bond donors (Lipinski definition) is 0. The van der Waals surface area contributed by atoms with Crippen molar-refractivity contribution >= 4 is 23.9 Å². The van der Waals surface area contributed by atoms with Crippen LogP contribution in [-0.2, 0) is 38.1 Å². The Morgan fingerprint density at radius 3 is 0.681 bits per heavy atom. The Hall–Kier alpha value is -2.12. The van der Waals surface area contributed by atoms with Crippen molar-refractivity contribution in [2.24, 2.45) is 0 Å². The fourth-order valence-electron chi connectivity index (χ4n) is 9.90. The molecular weight excluding hydrogens is 897 g/mol. The van der Waals surface area contributed by atoms with E-state index in [1.165, 1.54) is 154 Å². The van der Waals surface area contributed by atoms with E-state index in [2.05, 4.69) is 27.7 Å². The summed E-state index contributed by atoms with van der Waals surface area (Å²) in [5.74, 6) is -0.0966. The van der Waals surface area contributed by atoms with Crippen LogP contribution in [0, 0.1) is 0 Å². The summed E-state index contributed by atoms with van der Waals surface area (Å²) in [6.07, 6.45) is 57.7. The molecule has 0 N–H and O–H groups in total. The summed E-state index contributed by atoms with van der Waals surface area (Å²) in [6, 6.07) is 0. The minimum Gasteiger partial charge on any atom is -0.466 e. The van der Waals surface area contributed by atoms with E-state index in [9.17, 15) is 19.2 Å². The number of rotatable bonds is 59. The van der Waals surface area contributed by atoms with Gasteiger partial charge in [0.2, 0.25) is 0 Å². The largest absolute Gasteiger partial charge is 0.466 e. The third-order valence-corrected chi connectivity index (χ3v) is 14.7. The highest BCUT2D eigenvalue weighted by Gasteiger charge is 2.16. The standard InChI is InChI=1S/C64H122O8/c1-5-9-13-17-23-32-40-50-60(72-64(68)56-46-30-16-12-8-4)52-42-34-28-36-44-54-62(66)70-58-48-38-27-22-20-19-21-26-37-47-57-69-61(65)53-43-35-25-24-33-41-51-59(49-39-31-18-14-10-6-2)71-63(67)55-45-29-15-11-7-3/h59-60H,5-58H2,1-4H3. The van der Waals surface area contributed by atoms with Crippen LogP contribution in [0.4, 0.5) is 0 Å². The van der Waals surface area contributed by atoms with Gasteiger partial charge in [-0.1, -0.05) is 246 Å². The number of carbonyl (C=O) groups excluding carboxylic acids is 4. The zero-order chi connectivity index (χ0) is 52.5. The van der Waals surface area contributed by atoms with Crippen molar-refractivity contribution in [1.82, 2.24) is 0 Å². The Morgan fingerprint density at radius 1 is 0.236 bits per heavy atom. The summed E-state index contributed by atoms with van der Waals surface area (Å²) in [4.78, 5) is 49.7. The molecule has 0 heterocycles. The summed E-state index contributed by atoms with van der Waals surface area (Å²) >= 11 is 0. The summed E-state index contributed by atoms with van der Waals surface area (Å²) in [6.45, 7) is 10.0. The first-order chi connectivity index (χ1) is 35.4. The minimum absolute atomic E-state index is 0.00176. The van der Waals surface area contributed by atoms with E-state index < -0.39 is 0 Å². The van der Waals surface area contributed by atoms with E-state index in [4.69, 9.17) is 18.9 Å². The predicted octanol–water partition coefficient (Wildman–Crippen LogP) is 20.3. The lowest BCUT2D eigenvalue weighted by atomic mass is 10.0. The van der Waals surface area contributed by atoms with Crippen LogP contribution in [0.15, 0.2) is 0 Å². The van der Waals surface area contributed by atoms with Crippen LogP contribution in [0.25, 0.3) is 0 Å². The minimum atomic E-state index is -0.0535. The fraction of sp³-hybridized carbons (Fsp3) is 0.938. The van der Waals surface area contributed by atoms with E-state index in [-0.39, 0.29) is 36.1 Å². The van der Waals surface area contributed by atoms with Gasteiger partial charge in [0.05, 0.1) is 13.2 Å². The Labute approximate surface area is 447 Å². The van der Waals surface area contributed by atoms with E-state index in [0.717, 1.165) is 154 Å². The molecule has 0 rings (SSSR count). The van der Waals surface area contributed by atoms with Crippen molar-refractivity contribution in [3.63, 3.8) is 0 Å². The van der Waals surface area contributed by atoms with E-state index in [0.29, 0.717) is 38.9 Å². The molecule has 0 aliphatic heterocycles. The predicted molar refractivity (Wildman–Crippen MR) is 304 cm³/mol. The molecule has 0 saturated carbocycles. The SMILES string of the molecule is CCCCCCCCCC(CCCCCCCC(=O)OCCCCCCCCCCCCOC(=O)CCCCCCCCC(CCCCCCCC)OC(=O)CCCCCCC)OC(=O)CCCCCCC. The van der Waals surface area contributed by atoms with Gasteiger partial charge in [0.15, 0.2) is 0 Å². The maximum atomic E-state index is 12.6. The Kier molecular flexibility index (Phi) is 56.4. The molecule has 72 heavy (non-hydrogen) atoms. The zero-order valence-electron chi connectivity index (χ0n) is 48.6. The third kappa shape index (κ3) is 54.2. The smallest absolute Gasteiger partial charge is 0.306 e. The van der Waals surface area contributed by atoms with Gasteiger partial charge in [0, 0.05) is 25.7 Å². The van der Waals surface area contributed by atoms with Gasteiger partial charge in [0.1, 0.15) is 12.2 Å². The summed E-state index contributed by atoms with van der Waals surface area (Å²) < 4.78 is 23.0. The molecule has 2 unspecified atom stereocenters. The molecule has 426 valence electrons. The van der Waals surface area contributed by atoms with Gasteiger partial charge in [-0.3, -0.25) is 19.2 Å². The number of hydrogen-bond acceptors (Lipinski definition) is 8. The van der Waals surface area contributed by atoms with Crippen LogP contribution >= 0.6 is 0 Å². The van der Waals surface area contributed by atoms with Crippen molar-refractivity contribution in [1.29, 1.82) is 0 Å². The van der Waals surface area contributed by atoms with Gasteiger partial charge in [-0.05, 0) is 89.9 Å². The molecule has 0 aromatic carbocycles. The fourth-order valence-corrected chi connectivity index (χ4v) is 9.90. The van der Waals surface area contributed by atoms with Crippen LogP contribution in [0.1, 0.15) is 362 Å². The third-order valence-electron chi connectivity index (χ3n) is 14.7. The zero-order valence-corrected chi connectivity index (χ0v) is 48.6. The van der Waals surface area contributed by atoms with Crippen molar-refractivity contribution in [2.45, 2.75) is 374 Å². The lowest BCUT2D eigenvalue weighted by Crippen LogP contribution is -2.18. The highest BCUT2D eigenvalue weighted by Crippen LogP contribution is 2.21. The monoisotopic (exact) mass is 1020 g/mol. The molecule has 8 heteroatoms. The highest BCUT2D eigenvalue weighted by molar-refractivity contribution is 5.70. The first kappa shape index (κ1) is 69.9. The molecule has 0 aromatic heterocycles. The second-order valence-corrected chi connectivity index (χ2v) is 22.0. The van der Waals surface area contributed by atoms with Crippen LogP contribution in [0.3, 0.4) is 0 Å². The highest BCUT2D eigenvalue weighted by atomic mass is 16.6. The normalized spacial score (nSPS) is 12.2. The van der Waals surface area contributed by atoms with Crippen LogP contribution in [0.2, 0.25) is 0 Å². The first-order valence-electron chi connectivity index (χ1n) is 32.1. The van der Waals surface area contributed by atoms with Crippen LogP contribution < -0.4 is 0 Å². The van der Waals surface area contributed by atoms with E-state index >= 15 is 0 Å². The summed E-state index contributed by atoms with van der Waals surface area (Å²) in [5.41, 5.74) is 0. The lowest BCUT2D eigenvalue weighted by molar-refractivity contribution is -0.151. The Morgan fingerprint density at radius 2 is 0.431 bits per heavy atom. The molecule has 2 atom stereocenters. The average Bonchev–Trinajstić information content (AvgIpc) is 3.37. The molecule has 0 amide bonds. The lowest BCUT2D eigenvalue weighted by Gasteiger charge is -2.18.